The van der Waals surface area contributed by atoms with Gasteiger partial charge in [-0.25, -0.2) is 0 Å². The summed E-state index contributed by atoms with van der Waals surface area (Å²) in [5, 5.41) is 18.0. The lowest BCUT2D eigenvalue weighted by Gasteiger charge is -2.09. The van der Waals surface area contributed by atoms with Crippen LogP contribution in [0.2, 0.25) is 0 Å². The molecule has 1 aromatic rings. The predicted molar refractivity (Wildman–Crippen MR) is 62.2 cm³/mol. The summed E-state index contributed by atoms with van der Waals surface area (Å²) in [4.78, 5) is 11.4. The maximum Gasteiger partial charge on any atom is 0.310 e. The lowest BCUT2D eigenvalue weighted by atomic mass is 9.98. The summed E-state index contributed by atoms with van der Waals surface area (Å²) >= 11 is 0. The van der Waals surface area contributed by atoms with Gasteiger partial charge in [0.15, 0.2) is 0 Å². The van der Waals surface area contributed by atoms with Gasteiger partial charge in [-0.2, -0.15) is 5.26 Å². The van der Waals surface area contributed by atoms with E-state index in [4.69, 9.17) is 15.1 Å². The molecule has 0 heterocycles. The first kappa shape index (κ1) is 13.2. The molecule has 0 bridgehead atoms. The van der Waals surface area contributed by atoms with Gasteiger partial charge >= 0.3 is 5.97 Å². The maximum absolute atomic E-state index is 11.4. The SMILES string of the molecule is CCOC(=O)Cc1cc(C#N)c(CO)cc1C. The Kier molecular flexibility index (Phi) is 4.68. The number of hydrogen-bond acceptors (Lipinski definition) is 4. The molecule has 0 unspecified atom stereocenters. The minimum atomic E-state index is -0.309. The van der Waals surface area contributed by atoms with E-state index in [0.717, 1.165) is 11.1 Å². The molecule has 0 aromatic heterocycles. The Bertz CT molecular complexity index is 460. The van der Waals surface area contributed by atoms with Gasteiger partial charge in [-0.3, -0.25) is 4.79 Å². The maximum atomic E-state index is 11.4. The zero-order chi connectivity index (χ0) is 12.8. The second-order valence-electron chi connectivity index (χ2n) is 3.69. The van der Waals surface area contributed by atoms with Gasteiger partial charge in [0.1, 0.15) is 0 Å². The van der Waals surface area contributed by atoms with Crippen LogP contribution in [0.1, 0.15) is 29.2 Å². The van der Waals surface area contributed by atoms with Gasteiger partial charge in [0.25, 0.3) is 0 Å². The van der Waals surface area contributed by atoms with Crippen molar-refractivity contribution < 1.29 is 14.6 Å². The summed E-state index contributed by atoms with van der Waals surface area (Å²) in [5.41, 5.74) is 2.62. The summed E-state index contributed by atoms with van der Waals surface area (Å²) in [7, 11) is 0. The highest BCUT2D eigenvalue weighted by Crippen LogP contribution is 2.17. The first-order valence-electron chi connectivity index (χ1n) is 5.41. The molecule has 1 N–H and O–H groups in total. The molecule has 90 valence electrons. The van der Waals surface area contributed by atoms with Crippen LogP contribution in [-0.2, 0) is 22.6 Å². The van der Waals surface area contributed by atoms with Crippen molar-refractivity contribution in [1.82, 2.24) is 0 Å². The summed E-state index contributed by atoms with van der Waals surface area (Å²) in [6.07, 6.45) is 0.153. The summed E-state index contributed by atoms with van der Waals surface area (Å²) in [6.45, 7) is 3.76. The van der Waals surface area contributed by atoms with Crippen molar-refractivity contribution in [3.8, 4) is 6.07 Å². The van der Waals surface area contributed by atoms with Gasteiger partial charge < -0.3 is 9.84 Å². The van der Waals surface area contributed by atoms with Crippen molar-refractivity contribution in [1.29, 1.82) is 5.26 Å². The lowest BCUT2D eigenvalue weighted by Crippen LogP contribution is -2.09. The number of aliphatic hydroxyl groups excluding tert-OH is 1. The van der Waals surface area contributed by atoms with Crippen molar-refractivity contribution in [3.63, 3.8) is 0 Å². The van der Waals surface area contributed by atoms with Crippen molar-refractivity contribution >= 4 is 5.97 Å². The second-order valence-corrected chi connectivity index (χ2v) is 3.69. The summed E-state index contributed by atoms with van der Waals surface area (Å²) < 4.78 is 4.86. The standard InChI is InChI=1S/C13H15NO3/c1-3-17-13(16)6-10-5-11(7-14)12(8-15)4-9(10)2/h4-5,15H,3,6,8H2,1-2H3. The Labute approximate surface area is 100 Å². The molecular weight excluding hydrogens is 218 g/mol. The zero-order valence-electron chi connectivity index (χ0n) is 9.99. The number of rotatable bonds is 4. The Morgan fingerprint density at radius 2 is 2.18 bits per heavy atom. The van der Waals surface area contributed by atoms with Crippen LogP contribution < -0.4 is 0 Å². The molecule has 0 atom stereocenters. The van der Waals surface area contributed by atoms with Gasteiger partial charge in [0.2, 0.25) is 0 Å². The van der Waals surface area contributed by atoms with Crippen LogP contribution in [0.5, 0.6) is 0 Å². The Morgan fingerprint density at radius 1 is 1.47 bits per heavy atom. The van der Waals surface area contributed by atoms with Crippen molar-refractivity contribution in [2.45, 2.75) is 26.9 Å². The zero-order valence-corrected chi connectivity index (χ0v) is 9.99. The number of ether oxygens (including phenoxy) is 1. The topological polar surface area (TPSA) is 70.3 Å². The molecule has 1 aromatic carbocycles. The van der Waals surface area contributed by atoms with Crippen LogP contribution in [0, 0.1) is 18.3 Å². The average Bonchev–Trinajstić information content (AvgIpc) is 2.31. The predicted octanol–water partition coefficient (Wildman–Crippen LogP) is 1.46. The van der Waals surface area contributed by atoms with Gasteiger partial charge in [-0.1, -0.05) is 6.07 Å². The summed E-state index contributed by atoms with van der Waals surface area (Å²) in [5.74, 6) is -0.309. The van der Waals surface area contributed by atoms with Gasteiger partial charge in [0, 0.05) is 0 Å². The number of carbonyl (C=O) groups is 1. The highest BCUT2D eigenvalue weighted by Gasteiger charge is 2.10. The van der Waals surface area contributed by atoms with Crippen molar-refractivity contribution in [2.75, 3.05) is 6.61 Å². The molecule has 0 spiro atoms. The van der Waals surface area contributed by atoms with Gasteiger partial charge in [-0.15, -0.1) is 0 Å². The minimum absolute atomic E-state index is 0.153. The van der Waals surface area contributed by atoms with E-state index < -0.39 is 0 Å². The number of nitriles is 1. The Hall–Kier alpha value is -1.86. The monoisotopic (exact) mass is 233 g/mol. The minimum Gasteiger partial charge on any atom is -0.466 e. The number of esters is 1. The quantitative estimate of drug-likeness (QED) is 0.799. The third-order valence-corrected chi connectivity index (χ3v) is 2.49. The molecule has 0 radical (unpaired) electrons. The Morgan fingerprint density at radius 3 is 2.71 bits per heavy atom. The molecular formula is C13H15NO3. The number of benzene rings is 1. The van der Waals surface area contributed by atoms with E-state index in [0.29, 0.717) is 17.7 Å². The molecule has 0 amide bonds. The van der Waals surface area contributed by atoms with Crippen LogP contribution >= 0.6 is 0 Å². The van der Waals surface area contributed by atoms with Crippen LogP contribution in [-0.4, -0.2) is 17.7 Å². The molecule has 0 saturated carbocycles. The normalized spacial score (nSPS) is 9.76. The highest BCUT2D eigenvalue weighted by atomic mass is 16.5. The Balaban J connectivity index is 3.01. The molecule has 4 nitrogen and oxygen atoms in total. The number of hydrogen-bond donors (Lipinski definition) is 1. The molecule has 0 aliphatic rings. The van der Waals surface area contributed by atoms with E-state index in [9.17, 15) is 4.79 Å². The molecule has 17 heavy (non-hydrogen) atoms. The van der Waals surface area contributed by atoms with Crippen LogP contribution in [0.3, 0.4) is 0 Å². The van der Waals surface area contributed by atoms with E-state index in [1.807, 2.05) is 13.0 Å². The smallest absolute Gasteiger partial charge is 0.310 e. The number of nitrogens with zero attached hydrogens (tertiary/aromatic N) is 1. The van der Waals surface area contributed by atoms with Crippen LogP contribution in [0.4, 0.5) is 0 Å². The van der Waals surface area contributed by atoms with E-state index >= 15 is 0 Å². The van der Waals surface area contributed by atoms with Crippen LogP contribution in [0.25, 0.3) is 0 Å². The third-order valence-electron chi connectivity index (χ3n) is 2.49. The number of aryl methyl sites for hydroxylation is 1. The third kappa shape index (κ3) is 3.30. The van der Waals surface area contributed by atoms with Gasteiger partial charge in [-0.05, 0) is 36.6 Å². The fourth-order valence-electron chi connectivity index (χ4n) is 1.61. The lowest BCUT2D eigenvalue weighted by molar-refractivity contribution is -0.142. The number of aliphatic hydroxyl groups is 1. The second kappa shape index (κ2) is 6.02. The molecule has 4 heteroatoms. The first-order valence-corrected chi connectivity index (χ1v) is 5.41. The highest BCUT2D eigenvalue weighted by molar-refractivity contribution is 5.73. The average molecular weight is 233 g/mol. The van der Waals surface area contributed by atoms with Crippen molar-refractivity contribution in [3.05, 3.63) is 34.4 Å². The fourth-order valence-corrected chi connectivity index (χ4v) is 1.61. The van der Waals surface area contributed by atoms with E-state index in [-0.39, 0.29) is 19.0 Å². The van der Waals surface area contributed by atoms with Crippen molar-refractivity contribution in [2.24, 2.45) is 0 Å². The molecule has 0 fully saturated rings. The van der Waals surface area contributed by atoms with E-state index in [2.05, 4.69) is 0 Å². The molecule has 0 saturated heterocycles. The fraction of sp³-hybridized carbons (Fsp3) is 0.385. The molecule has 1 rings (SSSR count). The molecule has 0 aliphatic carbocycles. The van der Waals surface area contributed by atoms with Gasteiger partial charge in [0.05, 0.1) is 31.3 Å². The number of carbonyl (C=O) groups excluding carboxylic acids is 1. The van der Waals surface area contributed by atoms with E-state index in [1.165, 1.54) is 0 Å². The van der Waals surface area contributed by atoms with Crippen LogP contribution in [0.15, 0.2) is 12.1 Å². The van der Waals surface area contributed by atoms with E-state index in [1.54, 1.807) is 19.1 Å². The first-order chi connectivity index (χ1) is 8.12. The largest absolute Gasteiger partial charge is 0.466 e. The summed E-state index contributed by atoms with van der Waals surface area (Å²) in [6, 6.07) is 5.37. The molecule has 0 aliphatic heterocycles.